The van der Waals surface area contributed by atoms with Crippen molar-refractivity contribution in [1.82, 2.24) is 14.5 Å². The quantitative estimate of drug-likeness (QED) is 0.888. The third-order valence-electron chi connectivity index (χ3n) is 4.11. The number of imidazole rings is 1. The zero-order valence-corrected chi connectivity index (χ0v) is 11.0. The minimum Gasteiger partial charge on any atom is -0.384 e. The van der Waals surface area contributed by atoms with E-state index in [-0.39, 0.29) is 0 Å². The summed E-state index contributed by atoms with van der Waals surface area (Å²) in [5, 5.41) is 3.45. The fraction of sp³-hybridized carbons (Fsp3) is 0.400. The molecule has 0 saturated heterocycles. The topological polar surface area (TPSA) is 33.1 Å². The lowest BCUT2D eigenvalue weighted by atomic mass is 10.1. The van der Waals surface area contributed by atoms with Crippen LogP contribution in [0.3, 0.4) is 0 Å². The van der Waals surface area contributed by atoms with Gasteiger partial charge in [-0.2, -0.15) is 0 Å². The van der Waals surface area contributed by atoms with Crippen molar-refractivity contribution in [3.63, 3.8) is 0 Å². The van der Waals surface area contributed by atoms with E-state index in [1.165, 1.54) is 22.6 Å². The first kappa shape index (κ1) is 11.1. The molecule has 0 saturated carbocycles. The van der Waals surface area contributed by atoms with Gasteiger partial charge in [0.05, 0.1) is 6.54 Å². The van der Waals surface area contributed by atoms with Gasteiger partial charge in [0.2, 0.25) is 0 Å². The second-order valence-electron chi connectivity index (χ2n) is 5.42. The van der Waals surface area contributed by atoms with Crippen LogP contribution >= 0.6 is 0 Å². The molecule has 4 nitrogen and oxygen atoms in total. The maximum atomic E-state index is 4.42. The van der Waals surface area contributed by atoms with E-state index in [1.54, 1.807) is 0 Å². The Balaban J connectivity index is 1.50. The standard InChI is InChI=1S/C15H18N4/c1-2-13-3-4-16-14(13)9-12(1)10-18-7-8-19-6-5-17-15(19)11-18/h1-2,5-6,9,16H,3-4,7-8,10-11H2. The molecule has 0 radical (unpaired) electrons. The molecule has 1 aromatic heterocycles. The normalized spacial score (nSPS) is 17.9. The van der Waals surface area contributed by atoms with Gasteiger partial charge in [-0.15, -0.1) is 0 Å². The van der Waals surface area contributed by atoms with E-state index in [4.69, 9.17) is 0 Å². The number of benzene rings is 1. The van der Waals surface area contributed by atoms with E-state index in [0.29, 0.717) is 0 Å². The molecular formula is C15H18N4. The molecule has 1 N–H and O–H groups in total. The Morgan fingerprint density at radius 1 is 1.26 bits per heavy atom. The van der Waals surface area contributed by atoms with E-state index in [1.807, 2.05) is 6.20 Å². The summed E-state index contributed by atoms with van der Waals surface area (Å²) < 4.78 is 2.25. The smallest absolute Gasteiger partial charge is 0.122 e. The Kier molecular flexibility index (Phi) is 2.55. The molecule has 4 rings (SSSR count). The Labute approximate surface area is 113 Å². The number of rotatable bonds is 2. The number of hydrogen-bond acceptors (Lipinski definition) is 3. The minimum absolute atomic E-state index is 0.956. The summed E-state index contributed by atoms with van der Waals surface area (Å²) in [5.41, 5.74) is 4.18. The summed E-state index contributed by atoms with van der Waals surface area (Å²) in [5.74, 6) is 1.19. The fourth-order valence-corrected chi connectivity index (χ4v) is 3.05. The fourth-order valence-electron chi connectivity index (χ4n) is 3.05. The van der Waals surface area contributed by atoms with Crippen LogP contribution in [0.4, 0.5) is 5.69 Å². The van der Waals surface area contributed by atoms with E-state index in [2.05, 4.69) is 44.2 Å². The van der Waals surface area contributed by atoms with Gasteiger partial charge in [0.1, 0.15) is 5.82 Å². The zero-order chi connectivity index (χ0) is 12.7. The van der Waals surface area contributed by atoms with E-state index < -0.39 is 0 Å². The summed E-state index contributed by atoms with van der Waals surface area (Å²) in [6, 6.07) is 6.85. The van der Waals surface area contributed by atoms with Crippen LogP contribution in [0.1, 0.15) is 17.0 Å². The van der Waals surface area contributed by atoms with Crippen molar-refractivity contribution in [3.8, 4) is 0 Å². The highest BCUT2D eigenvalue weighted by Crippen LogP contribution is 2.24. The monoisotopic (exact) mass is 254 g/mol. The third kappa shape index (κ3) is 2.02. The van der Waals surface area contributed by atoms with Gasteiger partial charge in [0.15, 0.2) is 0 Å². The van der Waals surface area contributed by atoms with Crippen LogP contribution in [-0.2, 0) is 26.1 Å². The Morgan fingerprint density at radius 3 is 3.26 bits per heavy atom. The van der Waals surface area contributed by atoms with Gasteiger partial charge < -0.3 is 9.88 Å². The number of anilines is 1. The first-order chi connectivity index (χ1) is 9.38. The highest BCUT2D eigenvalue weighted by molar-refractivity contribution is 5.57. The van der Waals surface area contributed by atoms with Crippen molar-refractivity contribution in [2.45, 2.75) is 26.1 Å². The largest absolute Gasteiger partial charge is 0.384 e. The number of fused-ring (bicyclic) bond motifs is 2. The van der Waals surface area contributed by atoms with Gasteiger partial charge in [0.25, 0.3) is 0 Å². The number of nitrogens with one attached hydrogen (secondary N) is 1. The number of nitrogens with zero attached hydrogens (tertiary/aromatic N) is 3. The lowest BCUT2D eigenvalue weighted by Crippen LogP contribution is -2.33. The molecule has 0 bridgehead atoms. The van der Waals surface area contributed by atoms with Gasteiger partial charge in [-0.25, -0.2) is 4.98 Å². The molecule has 19 heavy (non-hydrogen) atoms. The van der Waals surface area contributed by atoms with Gasteiger partial charge in [-0.3, -0.25) is 4.90 Å². The van der Waals surface area contributed by atoms with Crippen molar-refractivity contribution in [3.05, 3.63) is 47.5 Å². The molecule has 0 aliphatic carbocycles. The Bertz CT molecular complexity index is 602. The van der Waals surface area contributed by atoms with E-state index in [0.717, 1.165) is 39.1 Å². The van der Waals surface area contributed by atoms with Crippen LogP contribution in [0.2, 0.25) is 0 Å². The second-order valence-corrected chi connectivity index (χ2v) is 5.42. The molecule has 0 spiro atoms. The third-order valence-corrected chi connectivity index (χ3v) is 4.11. The first-order valence-electron chi connectivity index (χ1n) is 6.96. The molecule has 0 fully saturated rings. The highest BCUT2D eigenvalue weighted by Gasteiger charge is 2.17. The summed E-state index contributed by atoms with van der Waals surface area (Å²) in [6.07, 6.45) is 5.14. The molecule has 98 valence electrons. The highest BCUT2D eigenvalue weighted by atomic mass is 15.2. The summed E-state index contributed by atoms with van der Waals surface area (Å²) >= 11 is 0. The average Bonchev–Trinajstić information content (AvgIpc) is 3.05. The molecule has 2 aromatic rings. The summed E-state index contributed by atoms with van der Waals surface area (Å²) in [6.45, 7) is 5.21. The lowest BCUT2D eigenvalue weighted by molar-refractivity contribution is 0.209. The number of hydrogen-bond donors (Lipinski definition) is 1. The van der Waals surface area contributed by atoms with Crippen LogP contribution in [0.25, 0.3) is 0 Å². The van der Waals surface area contributed by atoms with Crippen LogP contribution in [0.15, 0.2) is 30.6 Å². The molecule has 2 aliphatic heterocycles. The van der Waals surface area contributed by atoms with Gasteiger partial charge in [-0.1, -0.05) is 12.1 Å². The predicted molar refractivity (Wildman–Crippen MR) is 75.0 cm³/mol. The Hall–Kier alpha value is -1.81. The zero-order valence-electron chi connectivity index (χ0n) is 11.0. The molecule has 2 aliphatic rings. The maximum Gasteiger partial charge on any atom is 0.122 e. The van der Waals surface area contributed by atoms with Gasteiger partial charge in [-0.05, 0) is 23.6 Å². The summed E-state index contributed by atoms with van der Waals surface area (Å²) in [7, 11) is 0. The van der Waals surface area contributed by atoms with Crippen molar-refractivity contribution in [2.24, 2.45) is 0 Å². The van der Waals surface area contributed by atoms with Crippen molar-refractivity contribution < 1.29 is 0 Å². The van der Waals surface area contributed by atoms with E-state index >= 15 is 0 Å². The Morgan fingerprint density at radius 2 is 2.26 bits per heavy atom. The lowest BCUT2D eigenvalue weighted by Gasteiger charge is -2.27. The summed E-state index contributed by atoms with van der Waals surface area (Å²) in [4.78, 5) is 6.89. The molecule has 4 heteroatoms. The van der Waals surface area contributed by atoms with Gasteiger partial charge in [0, 0.05) is 44.3 Å². The van der Waals surface area contributed by atoms with Crippen LogP contribution < -0.4 is 5.32 Å². The van der Waals surface area contributed by atoms with Crippen LogP contribution in [0.5, 0.6) is 0 Å². The minimum atomic E-state index is 0.956. The predicted octanol–water partition coefficient (Wildman–Crippen LogP) is 1.87. The van der Waals surface area contributed by atoms with Gasteiger partial charge >= 0.3 is 0 Å². The van der Waals surface area contributed by atoms with Crippen molar-refractivity contribution >= 4 is 5.69 Å². The molecule has 3 heterocycles. The molecular weight excluding hydrogens is 236 g/mol. The first-order valence-corrected chi connectivity index (χ1v) is 6.96. The average molecular weight is 254 g/mol. The van der Waals surface area contributed by atoms with Crippen molar-refractivity contribution in [1.29, 1.82) is 0 Å². The van der Waals surface area contributed by atoms with Crippen LogP contribution in [0, 0.1) is 0 Å². The maximum absolute atomic E-state index is 4.42. The van der Waals surface area contributed by atoms with Crippen LogP contribution in [-0.4, -0.2) is 27.5 Å². The molecule has 0 atom stereocenters. The molecule has 1 aromatic carbocycles. The number of aromatic nitrogens is 2. The SMILES string of the molecule is c1cn2c(n1)CN(Cc1ccc3c(c1)NCC3)CC2. The molecule has 0 unspecified atom stereocenters. The molecule has 0 amide bonds. The van der Waals surface area contributed by atoms with Crippen molar-refractivity contribution in [2.75, 3.05) is 18.4 Å². The van der Waals surface area contributed by atoms with E-state index in [9.17, 15) is 0 Å². The second kappa shape index (κ2) is 4.38.